The highest BCUT2D eigenvalue weighted by atomic mass is 19.2. The van der Waals surface area contributed by atoms with Crippen LogP contribution < -0.4 is 15.2 Å². The molecule has 0 bridgehead atoms. The summed E-state index contributed by atoms with van der Waals surface area (Å²) in [5, 5.41) is 13.0. The molecule has 4 nitrogen and oxygen atoms in total. The summed E-state index contributed by atoms with van der Waals surface area (Å²) in [6, 6.07) is 16.4. The lowest BCUT2D eigenvalue weighted by Gasteiger charge is -2.26. The van der Waals surface area contributed by atoms with Gasteiger partial charge >= 0.3 is 0 Å². The summed E-state index contributed by atoms with van der Waals surface area (Å²) in [7, 11) is 0. The normalized spacial score (nSPS) is 19.1. The Labute approximate surface area is 214 Å². The highest BCUT2D eigenvalue weighted by Crippen LogP contribution is 2.34. The monoisotopic (exact) mass is 501 g/mol. The molecule has 2 aliphatic heterocycles. The van der Waals surface area contributed by atoms with Crippen LogP contribution in [-0.2, 0) is 11.3 Å². The number of fused-ring (bicyclic) bond motifs is 4. The Kier molecular flexibility index (Phi) is 6.53. The van der Waals surface area contributed by atoms with E-state index in [0.29, 0.717) is 27.8 Å². The summed E-state index contributed by atoms with van der Waals surface area (Å²) in [5.74, 6) is -1.23. The SMILES string of the molecule is Oc1cc2c(c3c1=c1ccccc1=CC(F)=C3F)COC(c1ccc(OCCN3CCCCC3)cc1)C=2. The van der Waals surface area contributed by atoms with E-state index in [9.17, 15) is 9.50 Å². The zero-order valence-corrected chi connectivity index (χ0v) is 20.6. The molecule has 0 aromatic heterocycles. The first kappa shape index (κ1) is 23.9. The number of rotatable bonds is 5. The third kappa shape index (κ3) is 4.67. The lowest BCUT2D eigenvalue weighted by molar-refractivity contribution is 0.0756. The van der Waals surface area contributed by atoms with Crippen molar-refractivity contribution in [3.8, 4) is 11.5 Å². The molecule has 3 aromatic rings. The van der Waals surface area contributed by atoms with Crippen LogP contribution >= 0.6 is 0 Å². The van der Waals surface area contributed by atoms with Gasteiger partial charge in [0.05, 0.1) is 6.61 Å². The summed E-state index contributed by atoms with van der Waals surface area (Å²) in [6.45, 7) is 3.97. The van der Waals surface area contributed by atoms with Crippen LogP contribution in [0.15, 0.2) is 60.4 Å². The predicted molar refractivity (Wildman–Crippen MR) is 139 cm³/mol. The van der Waals surface area contributed by atoms with E-state index >= 15 is 4.39 Å². The first-order valence-corrected chi connectivity index (χ1v) is 12.9. The van der Waals surface area contributed by atoms with Crippen molar-refractivity contribution in [3.05, 3.63) is 98.0 Å². The quantitative estimate of drug-likeness (QED) is 0.535. The molecule has 6 heteroatoms. The van der Waals surface area contributed by atoms with E-state index < -0.39 is 11.7 Å². The highest BCUT2D eigenvalue weighted by Gasteiger charge is 2.24. The van der Waals surface area contributed by atoms with Gasteiger partial charge in [-0.2, -0.15) is 0 Å². The summed E-state index contributed by atoms with van der Waals surface area (Å²) >= 11 is 0. The van der Waals surface area contributed by atoms with E-state index in [-0.39, 0.29) is 29.2 Å². The van der Waals surface area contributed by atoms with Crippen molar-refractivity contribution in [1.29, 1.82) is 0 Å². The number of ether oxygens (including phenoxy) is 2. The van der Waals surface area contributed by atoms with Gasteiger partial charge in [-0.1, -0.05) is 42.8 Å². The van der Waals surface area contributed by atoms with E-state index in [1.165, 1.54) is 25.3 Å². The zero-order chi connectivity index (χ0) is 25.4. The number of allylic oxidation sites excluding steroid dienone is 1. The lowest BCUT2D eigenvalue weighted by Crippen LogP contribution is -2.33. The van der Waals surface area contributed by atoms with Crippen molar-refractivity contribution in [2.45, 2.75) is 32.0 Å². The summed E-state index contributed by atoms with van der Waals surface area (Å²) in [6.07, 6.45) is 6.48. The predicted octanol–water partition coefficient (Wildman–Crippen LogP) is 5.00. The van der Waals surface area contributed by atoms with Gasteiger partial charge in [-0.3, -0.25) is 4.90 Å². The number of benzene rings is 3. The average Bonchev–Trinajstić information content (AvgIpc) is 3.04. The van der Waals surface area contributed by atoms with Gasteiger partial charge in [0.25, 0.3) is 0 Å². The van der Waals surface area contributed by atoms with Crippen LogP contribution in [0, 0.1) is 10.4 Å². The number of nitrogens with zero attached hydrogens (tertiary/aromatic N) is 1. The number of halogens is 2. The largest absolute Gasteiger partial charge is 0.507 e. The van der Waals surface area contributed by atoms with Crippen molar-refractivity contribution in [2.24, 2.45) is 0 Å². The van der Waals surface area contributed by atoms with Gasteiger partial charge in [-0.25, -0.2) is 8.78 Å². The van der Waals surface area contributed by atoms with Gasteiger partial charge in [0.1, 0.15) is 24.2 Å². The van der Waals surface area contributed by atoms with E-state index in [4.69, 9.17) is 9.47 Å². The maximum Gasteiger partial charge on any atom is 0.167 e. The van der Waals surface area contributed by atoms with Crippen LogP contribution in [0.3, 0.4) is 0 Å². The minimum atomic E-state index is -0.986. The second-order valence-electron chi connectivity index (χ2n) is 9.83. The molecule has 0 spiro atoms. The lowest BCUT2D eigenvalue weighted by atomic mass is 9.95. The summed E-state index contributed by atoms with van der Waals surface area (Å²) in [5.41, 5.74) is 1.50. The van der Waals surface area contributed by atoms with Gasteiger partial charge in [-0.15, -0.1) is 0 Å². The molecule has 190 valence electrons. The van der Waals surface area contributed by atoms with E-state index in [1.807, 2.05) is 30.3 Å². The van der Waals surface area contributed by atoms with Crippen molar-refractivity contribution in [3.63, 3.8) is 0 Å². The first-order valence-electron chi connectivity index (χ1n) is 12.9. The number of phenolic OH excluding ortho intramolecular Hbond substituents is 1. The second-order valence-corrected chi connectivity index (χ2v) is 9.83. The minimum Gasteiger partial charge on any atom is -0.507 e. The molecule has 3 aromatic carbocycles. The molecule has 6 rings (SSSR count). The Bertz CT molecular complexity index is 1570. The zero-order valence-electron chi connectivity index (χ0n) is 20.6. The Morgan fingerprint density at radius 3 is 2.57 bits per heavy atom. The average molecular weight is 502 g/mol. The van der Waals surface area contributed by atoms with Crippen LogP contribution in [0.4, 0.5) is 8.78 Å². The third-order valence-electron chi connectivity index (χ3n) is 7.46. The molecule has 0 saturated carbocycles. The van der Waals surface area contributed by atoms with Crippen LogP contribution in [0.2, 0.25) is 0 Å². The first-order chi connectivity index (χ1) is 18.1. The molecule has 1 aliphatic carbocycles. The highest BCUT2D eigenvalue weighted by molar-refractivity contribution is 5.75. The van der Waals surface area contributed by atoms with Crippen LogP contribution in [-0.4, -0.2) is 36.2 Å². The van der Waals surface area contributed by atoms with Gasteiger partial charge in [-0.05, 0) is 83.1 Å². The molecule has 1 unspecified atom stereocenters. The van der Waals surface area contributed by atoms with Crippen molar-refractivity contribution in [1.82, 2.24) is 4.90 Å². The van der Waals surface area contributed by atoms with Crippen molar-refractivity contribution < 1.29 is 23.4 Å². The fraction of sp³-hybridized carbons (Fsp3) is 0.290. The molecule has 0 radical (unpaired) electrons. The van der Waals surface area contributed by atoms with Crippen LogP contribution in [0.1, 0.15) is 42.1 Å². The molecular formula is C31H29F2NO3. The number of aromatic hydroxyl groups is 1. The second kappa shape index (κ2) is 10.1. The van der Waals surface area contributed by atoms with Crippen LogP contribution in [0.5, 0.6) is 11.5 Å². The van der Waals surface area contributed by atoms with Crippen molar-refractivity contribution in [2.75, 3.05) is 26.2 Å². The van der Waals surface area contributed by atoms with E-state index in [0.717, 1.165) is 30.9 Å². The fourth-order valence-corrected chi connectivity index (χ4v) is 5.52. The smallest absolute Gasteiger partial charge is 0.167 e. The van der Waals surface area contributed by atoms with Gasteiger partial charge in [0.2, 0.25) is 0 Å². The van der Waals surface area contributed by atoms with E-state index in [1.54, 1.807) is 30.3 Å². The number of hydrogen-bond donors (Lipinski definition) is 1. The van der Waals surface area contributed by atoms with Gasteiger partial charge in [0.15, 0.2) is 11.7 Å². The maximum absolute atomic E-state index is 15.3. The molecule has 1 fully saturated rings. The number of piperidine rings is 1. The number of likely N-dealkylation sites (tertiary alicyclic amines) is 1. The molecule has 1 atom stereocenters. The molecule has 2 heterocycles. The Morgan fingerprint density at radius 2 is 1.76 bits per heavy atom. The summed E-state index contributed by atoms with van der Waals surface area (Å²) < 4.78 is 42.1. The molecule has 1 saturated heterocycles. The Balaban J connectivity index is 1.30. The van der Waals surface area contributed by atoms with Crippen LogP contribution in [0.25, 0.3) is 18.0 Å². The van der Waals surface area contributed by atoms with E-state index in [2.05, 4.69) is 4.90 Å². The third-order valence-corrected chi connectivity index (χ3v) is 7.46. The summed E-state index contributed by atoms with van der Waals surface area (Å²) in [4.78, 5) is 2.44. The molecule has 1 N–H and O–H groups in total. The topological polar surface area (TPSA) is 41.9 Å². The Morgan fingerprint density at radius 1 is 0.973 bits per heavy atom. The van der Waals surface area contributed by atoms with Gasteiger partial charge in [0, 0.05) is 17.3 Å². The molecular weight excluding hydrogens is 472 g/mol. The number of phenols is 1. The number of hydrogen-bond acceptors (Lipinski definition) is 4. The molecule has 3 aliphatic rings. The maximum atomic E-state index is 15.3. The van der Waals surface area contributed by atoms with Gasteiger partial charge < -0.3 is 14.6 Å². The standard InChI is InChI=1S/C31H29F2NO3/c32-26-16-21-6-2-3-7-24(21)29-27(35)17-22-18-28(37-19-25(22)30(29)31(26)33)20-8-10-23(11-9-20)36-15-14-34-12-4-1-5-13-34/h2-3,6-11,16-18,28,35H,1,4-5,12-15,19H2. The fourth-order valence-electron chi connectivity index (χ4n) is 5.52. The molecule has 0 amide bonds. The molecule has 37 heavy (non-hydrogen) atoms. The Hall–Kier alpha value is -3.48. The minimum absolute atomic E-state index is 0.0563. The van der Waals surface area contributed by atoms with Crippen molar-refractivity contribution >= 4 is 18.0 Å².